The minimum absolute atomic E-state index is 0.0830. The molecule has 0 fully saturated rings. The molecule has 0 radical (unpaired) electrons. The number of aromatic amines is 1. The lowest BCUT2D eigenvalue weighted by atomic mass is 10.2. The van der Waals surface area contributed by atoms with Gasteiger partial charge in [0.25, 0.3) is 5.56 Å². The molecule has 2 N–H and O–H groups in total. The van der Waals surface area contributed by atoms with Gasteiger partial charge in [-0.25, -0.2) is 0 Å². The number of nitrogens with one attached hydrogen (secondary N) is 2. The highest BCUT2D eigenvalue weighted by Gasteiger charge is 2.16. The number of H-pyrrole nitrogens is 1. The minimum Gasteiger partial charge on any atom is -0.330 e. The van der Waals surface area contributed by atoms with Gasteiger partial charge in [0.05, 0.1) is 6.54 Å². The number of aliphatic imine (C=N–C) groups is 1. The lowest BCUT2D eigenvalue weighted by molar-refractivity contribution is 0.976. The fourth-order valence-corrected chi connectivity index (χ4v) is 2.50. The summed E-state index contributed by atoms with van der Waals surface area (Å²) in [6.45, 7) is 6.74. The fraction of sp³-hybridized carbons (Fsp3) is 0.455. The van der Waals surface area contributed by atoms with Gasteiger partial charge in [-0.3, -0.25) is 9.79 Å². The molecule has 0 amide bonds. The molecular formula is C11H15N3OS. The predicted molar refractivity (Wildman–Crippen MR) is 69.5 cm³/mol. The van der Waals surface area contributed by atoms with E-state index in [4.69, 9.17) is 0 Å². The highest BCUT2D eigenvalue weighted by molar-refractivity contribution is 8.15. The van der Waals surface area contributed by atoms with Gasteiger partial charge in [-0.15, -0.1) is 0 Å². The molecule has 86 valence electrons. The third kappa shape index (κ3) is 2.29. The predicted octanol–water partition coefficient (Wildman–Crippen LogP) is 1.89. The Bertz CT molecular complexity index is 492. The van der Waals surface area contributed by atoms with Crippen molar-refractivity contribution in [1.82, 2.24) is 4.98 Å². The second-order valence-electron chi connectivity index (χ2n) is 4.04. The summed E-state index contributed by atoms with van der Waals surface area (Å²) in [5.74, 6) is 0. The van der Waals surface area contributed by atoms with Gasteiger partial charge in [-0.2, -0.15) is 0 Å². The Hall–Kier alpha value is -1.23. The molecule has 1 aliphatic rings. The topological polar surface area (TPSA) is 57.2 Å². The van der Waals surface area contributed by atoms with E-state index in [2.05, 4.69) is 22.2 Å². The summed E-state index contributed by atoms with van der Waals surface area (Å²) in [6, 6.07) is 1.95. The number of hydrogen-bond donors (Lipinski definition) is 2. The van der Waals surface area contributed by atoms with Crippen molar-refractivity contribution in [3.63, 3.8) is 0 Å². The van der Waals surface area contributed by atoms with Gasteiger partial charge in [0.15, 0.2) is 5.17 Å². The monoisotopic (exact) mass is 237 g/mol. The normalized spacial score (nSPS) is 19.7. The molecule has 0 spiro atoms. The number of anilines is 1. The highest BCUT2D eigenvalue weighted by Crippen LogP contribution is 2.21. The number of aromatic nitrogens is 1. The molecule has 4 nitrogen and oxygen atoms in total. The first-order chi connectivity index (χ1) is 7.56. The summed E-state index contributed by atoms with van der Waals surface area (Å²) in [6.07, 6.45) is 0. The number of pyridine rings is 1. The molecule has 2 rings (SSSR count). The van der Waals surface area contributed by atoms with Crippen molar-refractivity contribution in [2.45, 2.75) is 26.0 Å². The molecule has 0 bridgehead atoms. The van der Waals surface area contributed by atoms with Crippen LogP contribution in [0.15, 0.2) is 15.9 Å². The van der Waals surface area contributed by atoms with Gasteiger partial charge < -0.3 is 10.3 Å². The van der Waals surface area contributed by atoms with Crippen molar-refractivity contribution in [3.8, 4) is 0 Å². The van der Waals surface area contributed by atoms with E-state index in [0.29, 0.717) is 10.9 Å². The van der Waals surface area contributed by atoms with Gasteiger partial charge >= 0.3 is 0 Å². The number of thioether (sulfide) groups is 1. The van der Waals surface area contributed by atoms with Gasteiger partial charge in [0.1, 0.15) is 5.69 Å². The number of rotatable bonds is 1. The number of amidine groups is 1. The Morgan fingerprint density at radius 2 is 2.31 bits per heavy atom. The van der Waals surface area contributed by atoms with Crippen molar-refractivity contribution >= 4 is 22.6 Å². The molecule has 0 aromatic carbocycles. The maximum absolute atomic E-state index is 11.7. The van der Waals surface area contributed by atoms with Crippen molar-refractivity contribution in [2.75, 3.05) is 11.9 Å². The third-order valence-electron chi connectivity index (χ3n) is 2.40. The maximum Gasteiger partial charge on any atom is 0.272 e. The van der Waals surface area contributed by atoms with Crippen molar-refractivity contribution in [1.29, 1.82) is 0 Å². The van der Waals surface area contributed by atoms with E-state index in [1.165, 1.54) is 0 Å². The van der Waals surface area contributed by atoms with Crippen LogP contribution in [0.4, 0.5) is 5.69 Å². The summed E-state index contributed by atoms with van der Waals surface area (Å²) >= 11 is 1.67. The molecule has 1 unspecified atom stereocenters. The van der Waals surface area contributed by atoms with Crippen LogP contribution in [0.2, 0.25) is 0 Å². The zero-order valence-corrected chi connectivity index (χ0v) is 10.4. The van der Waals surface area contributed by atoms with E-state index >= 15 is 0 Å². The Morgan fingerprint density at radius 1 is 1.56 bits per heavy atom. The standard InChI is InChI=1S/C11H15N3OS/c1-6-4-7(2)13-10(15)9(6)14-11-12-5-8(3)16-11/h4,8H,5H2,1-3H3,(H,12,14)(H,13,15). The Morgan fingerprint density at radius 3 is 2.88 bits per heavy atom. The van der Waals surface area contributed by atoms with Crippen LogP contribution in [0.5, 0.6) is 0 Å². The molecule has 1 aromatic rings. The largest absolute Gasteiger partial charge is 0.330 e. The van der Waals surface area contributed by atoms with E-state index < -0.39 is 0 Å². The van der Waals surface area contributed by atoms with Gasteiger partial charge in [0, 0.05) is 10.9 Å². The van der Waals surface area contributed by atoms with Crippen LogP contribution in [0.1, 0.15) is 18.2 Å². The SMILES string of the molecule is Cc1cc(C)c(NC2=NCC(C)S2)c(=O)[nH]1. The quantitative estimate of drug-likeness (QED) is 0.784. The van der Waals surface area contributed by atoms with Gasteiger partial charge in [0.2, 0.25) is 0 Å². The highest BCUT2D eigenvalue weighted by atomic mass is 32.2. The number of nitrogens with zero attached hydrogens (tertiary/aromatic N) is 1. The van der Waals surface area contributed by atoms with Crippen LogP contribution in [0, 0.1) is 13.8 Å². The van der Waals surface area contributed by atoms with Crippen molar-refractivity contribution in [3.05, 3.63) is 27.7 Å². The van der Waals surface area contributed by atoms with Crippen LogP contribution in [-0.2, 0) is 0 Å². The third-order valence-corrected chi connectivity index (χ3v) is 3.41. The van der Waals surface area contributed by atoms with E-state index in [9.17, 15) is 4.79 Å². The van der Waals surface area contributed by atoms with E-state index in [1.54, 1.807) is 11.8 Å². The average molecular weight is 237 g/mol. The van der Waals surface area contributed by atoms with Crippen molar-refractivity contribution in [2.24, 2.45) is 4.99 Å². The summed E-state index contributed by atoms with van der Waals surface area (Å²) in [5.41, 5.74) is 2.35. The van der Waals surface area contributed by atoms with E-state index in [1.807, 2.05) is 19.9 Å². The number of aryl methyl sites for hydroxylation is 2. The van der Waals surface area contributed by atoms with Crippen LogP contribution in [0.3, 0.4) is 0 Å². The first kappa shape index (κ1) is 11.3. The van der Waals surface area contributed by atoms with Gasteiger partial charge in [-0.1, -0.05) is 18.7 Å². The molecule has 0 saturated carbocycles. The minimum atomic E-state index is -0.0830. The molecule has 1 aliphatic heterocycles. The molecule has 1 atom stereocenters. The second-order valence-corrected chi connectivity index (χ2v) is 5.47. The maximum atomic E-state index is 11.7. The molecule has 2 heterocycles. The first-order valence-corrected chi connectivity index (χ1v) is 6.13. The molecule has 0 aliphatic carbocycles. The molecule has 16 heavy (non-hydrogen) atoms. The van der Waals surface area contributed by atoms with Crippen LogP contribution >= 0.6 is 11.8 Å². The molecule has 1 aromatic heterocycles. The Kier molecular flexibility index (Phi) is 3.05. The average Bonchev–Trinajstić information content (AvgIpc) is 2.58. The summed E-state index contributed by atoms with van der Waals surface area (Å²) < 4.78 is 0. The summed E-state index contributed by atoms with van der Waals surface area (Å²) in [4.78, 5) is 18.9. The first-order valence-electron chi connectivity index (χ1n) is 5.25. The van der Waals surface area contributed by atoms with Crippen LogP contribution in [0.25, 0.3) is 0 Å². The zero-order chi connectivity index (χ0) is 11.7. The summed E-state index contributed by atoms with van der Waals surface area (Å²) in [7, 11) is 0. The van der Waals surface area contributed by atoms with Crippen LogP contribution < -0.4 is 10.9 Å². The number of hydrogen-bond acceptors (Lipinski definition) is 4. The van der Waals surface area contributed by atoms with E-state index in [-0.39, 0.29) is 5.56 Å². The fourth-order valence-electron chi connectivity index (χ4n) is 1.66. The lowest BCUT2D eigenvalue weighted by Gasteiger charge is -2.08. The lowest BCUT2D eigenvalue weighted by Crippen LogP contribution is -2.19. The Balaban J connectivity index is 2.25. The van der Waals surface area contributed by atoms with Gasteiger partial charge in [-0.05, 0) is 25.5 Å². The van der Waals surface area contributed by atoms with Crippen LogP contribution in [-0.4, -0.2) is 21.9 Å². The smallest absolute Gasteiger partial charge is 0.272 e. The molecule has 5 heteroatoms. The second kappa shape index (κ2) is 4.33. The van der Waals surface area contributed by atoms with Crippen molar-refractivity contribution < 1.29 is 0 Å². The Labute approximate surface area is 98.6 Å². The van der Waals surface area contributed by atoms with E-state index in [0.717, 1.165) is 23.0 Å². The zero-order valence-electron chi connectivity index (χ0n) is 9.63. The molecular weight excluding hydrogens is 222 g/mol. The summed E-state index contributed by atoms with van der Waals surface area (Å²) in [5, 5.41) is 4.44. The molecule has 0 saturated heterocycles.